The number of carbonyl (C=O) groups is 1. The van der Waals surface area contributed by atoms with Crippen molar-refractivity contribution in [2.45, 2.75) is 45.1 Å². The first-order chi connectivity index (χ1) is 15.8. The van der Waals surface area contributed by atoms with E-state index in [1.54, 1.807) is 36.7 Å². The molecule has 0 fully saturated rings. The molecule has 0 aliphatic rings. The molecule has 2 aromatic heterocycles. The Kier molecular flexibility index (Phi) is 8.16. The van der Waals surface area contributed by atoms with E-state index in [-0.39, 0.29) is 23.1 Å². The number of hydrogen-bond acceptors (Lipinski definition) is 8. The van der Waals surface area contributed by atoms with Crippen LogP contribution in [0.1, 0.15) is 56.4 Å². The van der Waals surface area contributed by atoms with Crippen molar-refractivity contribution >= 4 is 23.4 Å². The molecule has 33 heavy (non-hydrogen) atoms. The molecule has 174 valence electrons. The topological polar surface area (TPSA) is 124 Å². The third-order valence-corrected chi connectivity index (χ3v) is 6.07. The highest BCUT2D eigenvalue weighted by Gasteiger charge is 2.26. The third-order valence-electron chi connectivity index (χ3n) is 4.97. The van der Waals surface area contributed by atoms with Gasteiger partial charge < -0.3 is 9.84 Å². The first kappa shape index (κ1) is 24.4. The van der Waals surface area contributed by atoms with E-state index in [4.69, 9.17) is 4.52 Å². The van der Waals surface area contributed by atoms with Gasteiger partial charge in [0.25, 0.3) is 11.6 Å². The van der Waals surface area contributed by atoms with Crippen molar-refractivity contribution in [3.8, 4) is 11.4 Å². The number of carbonyl (C=O) groups excluding carboxylic acids is 1. The number of nitro groups is 1. The van der Waals surface area contributed by atoms with E-state index in [0.29, 0.717) is 16.6 Å². The number of nitrogens with one attached hydrogen (secondary N) is 1. The minimum atomic E-state index is -0.556. The molecule has 1 amide bonds. The first-order valence-electron chi connectivity index (χ1n) is 10.7. The molecule has 0 radical (unpaired) electrons. The number of pyridine rings is 1. The molecule has 1 N–H and O–H groups in total. The van der Waals surface area contributed by atoms with Gasteiger partial charge in [0.05, 0.1) is 9.82 Å². The van der Waals surface area contributed by atoms with Gasteiger partial charge in [-0.2, -0.15) is 4.98 Å². The molecule has 0 bridgehead atoms. The first-order valence-corrected chi connectivity index (χ1v) is 11.7. The number of rotatable bonds is 10. The Morgan fingerprint density at radius 2 is 1.91 bits per heavy atom. The Labute approximate surface area is 196 Å². The number of thioether (sulfide) groups is 1. The maximum atomic E-state index is 13.0. The van der Waals surface area contributed by atoms with Crippen molar-refractivity contribution in [2.24, 2.45) is 11.8 Å². The van der Waals surface area contributed by atoms with E-state index in [1.165, 1.54) is 17.8 Å². The van der Waals surface area contributed by atoms with Crippen LogP contribution in [0.5, 0.6) is 0 Å². The molecule has 0 aliphatic carbocycles. The largest absolute Gasteiger partial charge is 0.340 e. The van der Waals surface area contributed by atoms with Crippen molar-refractivity contribution in [1.29, 1.82) is 0 Å². The van der Waals surface area contributed by atoms with E-state index < -0.39 is 16.9 Å². The monoisotopic (exact) mass is 469 g/mol. The van der Waals surface area contributed by atoms with Crippen LogP contribution in [0.15, 0.2) is 52.1 Å². The van der Waals surface area contributed by atoms with Gasteiger partial charge in [0, 0.05) is 29.6 Å². The maximum absolute atomic E-state index is 13.0. The van der Waals surface area contributed by atoms with Gasteiger partial charge in [0.15, 0.2) is 0 Å². The highest BCUT2D eigenvalue weighted by Crippen LogP contribution is 2.31. The van der Waals surface area contributed by atoms with E-state index >= 15 is 0 Å². The number of amides is 1. The minimum Gasteiger partial charge on any atom is -0.340 e. The lowest BCUT2D eigenvalue weighted by molar-refractivity contribution is -0.387. The lowest BCUT2D eigenvalue weighted by Gasteiger charge is -2.18. The van der Waals surface area contributed by atoms with Crippen LogP contribution in [0.25, 0.3) is 11.4 Å². The zero-order valence-corrected chi connectivity index (χ0v) is 19.8. The molecule has 0 aliphatic heterocycles. The molecule has 3 aromatic rings. The van der Waals surface area contributed by atoms with Crippen molar-refractivity contribution in [2.75, 3.05) is 5.75 Å². The highest BCUT2D eigenvalue weighted by atomic mass is 32.2. The number of nitrogens with zero attached hydrogens (tertiary/aromatic N) is 4. The van der Waals surface area contributed by atoms with E-state index in [2.05, 4.69) is 34.3 Å². The van der Waals surface area contributed by atoms with Crippen LogP contribution in [0.3, 0.4) is 0 Å². The summed E-state index contributed by atoms with van der Waals surface area (Å²) in [6, 6.07) is 7.53. The van der Waals surface area contributed by atoms with Gasteiger partial charge in [-0.3, -0.25) is 19.9 Å². The van der Waals surface area contributed by atoms with Crippen LogP contribution in [0, 0.1) is 22.0 Å². The second-order valence-electron chi connectivity index (χ2n) is 8.36. The van der Waals surface area contributed by atoms with E-state index in [1.807, 2.05) is 13.8 Å². The summed E-state index contributed by atoms with van der Waals surface area (Å²) in [6.07, 6.45) is 4.21. The van der Waals surface area contributed by atoms with Gasteiger partial charge in [0.1, 0.15) is 6.04 Å². The smallest absolute Gasteiger partial charge is 0.283 e. The SMILES string of the molecule is CC(C)CCSc1ccc(C(=O)NC(c2nc(-c3ccncc3)no2)C(C)C)cc1[N+](=O)[O-]. The van der Waals surface area contributed by atoms with Gasteiger partial charge in [-0.15, -0.1) is 11.8 Å². The molecular formula is C23H27N5O4S. The molecule has 3 rings (SSSR count). The average molecular weight is 470 g/mol. The Hall–Kier alpha value is -3.27. The zero-order valence-electron chi connectivity index (χ0n) is 19.0. The third kappa shape index (κ3) is 6.38. The Morgan fingerprint density at radius 3 is 2.55 bits per heavy atom. The predicted molar refractivity (Wildman–Crippen MR) is 126 cm³/mol. The second kappa shape index (κ2) is 11.0. The standard InChI is InChI=1S/C23H27N5O4S/c1-14(2)9-12-33-19-6-5-17(13-18(19)28(30)31)22(29)25-20(15(3)4)23-26-21(27-32-23)16-7-10-24-11-8-16/h5-8,10-11,13-15,20H,9,12H2,1-4H3,(H,25,29). The molecule has 9 nitrogen and oxygen atoms in total. The Morgan fingerprint density at radius 1 is 1.18 bits per heavy atom. The van der Waals surface area contributed by atoms with Crippen LogP contribution in [-0.2, 0) is 0 Å². The van der Waals surface area contributed by atoms with Crippen LogP contribution in [-0.4, -0.2) is 31.7 Å². The fourth-order valence-electron chi connectivity index (χ4n) is 3.05. The van der Waals surface area contributed by atoms with E-state index in [0.717, 1.165) is 17.7 Å². The summed E-state index contributed by atoms with van der Waals surface area (Å²) in [5, 5.41) is 18.5. The minimum absolute atomic E-state index is 0.0551. The van der Waals surface area contributed by atoms with Crippen LogP contribution < -0.4 is 5.32 Å². The second-order valence-corrected chi connectivity index (χ2v) is 9.49. The van der Waals surface area contributed by atoms with Crippen LogP contribution in [0.4, 0.5) is 5.69 Å². The number of aromatic nitrogens is 3. The molecule has 1 unspecified atom stereocenters. The summed E-state index contributed by atoms with van der Waals surface area (Å²) in [4.78, 5) is 33.1. The summed E-state index contributed by atoms with van der Waals surface area (Å²) in [7, 11) is 0. The summed E-state index contributed by atoms with van der Waals surface area (Å²) < 4.78 is 5.42. The number of nitro benzene ring substituents is 1. The molecule has 1 atom stereocenters. The zero-order chi connectivity index (χ0) is 24.0. The molecule has 0 saturated heterocycles. The molecular weight excluding hydrogens is 442 g/mol. The predicted octanol–water partition coefficient (Wildman–Crippen LogP) is 5.31. The quantitative estimate of drug-likeness (QED) is 0.241. The fraction of sp³-hybridized carbons (Fsp3) is 0.391. The van der Waals surface area contributed by atoms with Gasteiger partial charge in [-0.1, -0.05) is 32.9 Å². The number of hydrogen-bond donors (Lipinski definition) is 1. The summed E-state index contributed by atoms with van der Waals surface area (Å²) in [5.41, 5.74) is 0.875. The highest BCUT2D eigenvalue weighted by molar-refractivity contribution is 7.99. The molecule has 10 heteroatoms. The Balaban J connectivity index is 1.78. The molecule has 0 spiro atoms. The fourth-order valence-corrected chi connectivity index (χ4v) is 4.30. The van der Waals surface area contributed by atoms with Crippen LogP contribution in [0.2, 0.25) is 0 Å². The van der Waals surface area contributed by atoms with E-state index in [9.17, 15) is 14.9 Å². The summed E-state index contributed by atoms with van der Waals surface area (Å²) in [6.45, 7) is 8.05. The normalized spacial score (nSPS) is 12.2. The van der Waals surface area contributed by atoms with Crippen molar-refractivity contribution in [3.05, 3.63) is 64.3 Å². The van der Waals surface area contributed by atoms with Gasteiger partial charge in [-0.25, -0.2) is 0 Å². The van der Waals surface area contributed by atoms with Crippen LogP contribution >= 0.6 is 11.8 Å². The lowest BCUT2D eigenvalue weighted by Crippen LogP contribution is -2.32. The molecule has 1 aromatic carbocycles. The van der Waals surface area contributed by atoms with Gasteiger partial charge in [-0.05, 0) is 48.3 Å². The lowest BCUT2D eigenvalue weighted by atomic mass is 10.0. The summed E-state index contributed by atoms with van der Waals surface area (Å²) in [5.74, 6) is 1.44. The molecule has 0 saturated carbocycles. The van der Waals surface area contributed by atoms with Crippen molar-refractivity contribution in [1.82, 2.24) is 20.4 Å². The molecule has 2 heterocycles. The van der Waals surface area contributed by atoms with Gasteiger partial charge >= 0.3 is 0 Å². The number of benzene rings is 1. The Bertz CT molecular complexity index is 1100. The van der Waals surface area contributed by atoms with Gasteiger partial charge in [0.2, 0.25) is 11.7 Å². The summed E-state index contributed by atoms with van der Waals surface area (Å²) >= 11 is 1.43. The maximum Gasteiger partial charge on any atom is 0.283 e. The van der Waals surface area contributed by atoms with Crippen molar-refractivity contribution < 1.29 is 14.2 Å². The average Bonchev–Trinajstić information content (AvgIpc) is 3.27. The van der Waals surface area contributed by atoms with Crippen molar-refractivity contribution in [3.63, 3.8) is 0 Å².